The molecule has 6 rings (SSSR count). The normalized spacial score (nSPS) is 10.9. The Morgan fingerprint density at radius 3 is 1.61 bits per heavy atom. The molecule has 2 aromatic heterocycles. The van der Waals surface area contributed by atoms with E-state index in [9.17, 15) is 0 Å². The molecule has 2 heterocycles. The van der Waals surface area contributed by atoms with Crippen molar-refractivity contribution in [3.05, 3.63) is 109 Å². The predicted molar refractivity (Wildman–Crippen MR) is 118 cm³/mol. The molecule has 4 aromatic carbocycles. The van der Waals surface area contributed by atoms with Crippen LogP contribution in [0.25, 0.3) is 43.4 Å². The van der Waals surface area contributed by atoms with E-state index in [4.69, 9.17) is 0 Å². The number of aromatic nitrogens is 2. The van der Waals surface area contributed by atoms with Crippen molar-refractivity contribution in [3.63, 3.8) is 0 Å². The average Bonchev–Trinajstić information content (AvgIpc) is 2.78. The molecule has 0 radical (unpaired) electrons. The Bertz CT molecular complexity index is 1240. The fraction of sp³-hybridized carbons (Fsp3) is 0. The van der Waals surface area contributed by atoms with Crippen LogP contribution in [0, 0.1) is 0 Å². The maximum Gasteiger partial charge on any atom is 0.0795 e. The Morgan fingerprint density at radius 1 is 0.429 bits per heavy atom. The molecule has 2 heteroatoms. The van der Waals surface area contributed by atoms with Gasteiger partial charge in [-0.3, -0.25) is 9.97 Å². The topological polar surface area (TPSA) is 25.8 Å². The molecule has 28 heavy (non-hydrogen) atoms. The molecule has 0 saturated carbocycles. The van der Waals surface area contributed by atoms with Crippen LogP contribution in [0.5, 0.6) is 0 Å². The van der Waals surface area contributed by atoms with Crippen LogP contribution in [-0.2, 0) is 0 Å². The van der Waals surface area contributed by atoms with Gasteiger partial charge in [-0.15, -0.1) is 0 Å². The van der Waals surface area contributed by atoms with Gasteiger partial charge in [0.15, 0.2) is 0 Å². The lowest BCUT2D eigenvalue weighted by molar-refractivity contribution is 1.39. The van der Waals surface area contributed by atoms with Crippen LogP contribution in [0.3, 0.4) is 0 Å². The van der Waals surface area contributed by atoms with Crippen molar-refractivity contribution in [1.82, 2.24) is 9.97 Å². The van der Waals surface area contributed by atoms with Gasteiger partial charge in [-0.25, -0.2) is 0 Å². The highest BCUT2D eigenvalue weighted by molar-refractivity contribution is 6.03. The zero-order valence-corrected chi connectivity index (χ0v) is 15.3. The first kappa shape index (κ1) is 16.4. The highest BCUT2D eigenvalue weighted by atomic mass is 14.7. The van der Waals surface area contributed by atoms with Crippen molar-refractivity contribution in [2.45, 2.75) is 0 Å². The Hall–Kier alpha value is -3.78. The quantitative estimate of drug-likeness (QED) is 0.221. The summed E-state index contributed by atoms with van der Waals surface area (Å²) in [5.74, 6) is 0. The van der Waals surface area contributed by atoms with Gasteiger partial charge in [0.2, 0.25) is 0 Å². The molecule has 0 saturated heterocycles. The van der Waals surface area contributed by atoms with E-state index >= 15 is 0 Å². The first-order chi connectivity index (χ1) is 13.9. The maximum absolute atomic E-state index is 4.37. The monoisotopic (exact) mass is 358 g/mol. The van der Waals surface area contributed by atoms with Gasteiger partial charge in [-0.05, 0) is 57.9 Å². The largest absolute Gasteiger partial charge is 0.256 e. The van der Waals surface area contributed by atoms with Crippen LogP contribution >= 0.6 is 0 Å². The molecule has 0 amide bonds. The first-order valence-corrected chi connectivity index (χ1v) is 9.34. The molecule has 0 aliphatic carbocycles. The summed E-state index contributed by atoms with van der Waals surface area (Å²) in [5.41, 5.74) is 2.02. The molecule has 0 atom stereocenters. The summed E-state index contributed by atoms with van der Waals surface area (Å²) in [4.78, 5) is 8.66. The first-order valence-electron chi connectivity index (χ1n) is 9.34. The van der Waals surface area contributed by atoms with Gasteiger partial charge in [-0.1, -0.05) is 60.7 Å². The number of nitrogens with zero attached hydrogens (tertiary/aromatic N) is 2. The molecule has 132 valence electrons. The van der Waals surface area contributed by atoms with Crippen LogP contribution < -0.4 is 0 Å². The number of pyridine rings is 2. The van der Waals surface area contributed by atoms with Crippen molar-refractivity contribution in [1.29, 1.82) is 0 Å². The highest BCUT2D eigenvalue weighted by Gasteiger charge is 1.99. The Labute approximate surface area is 163 Å². The summed E-state index contributed by atoms with van der Waals surface area (Å²) < 4.78 is 0. The van der Waals surface area contributed by atoms with Gasteiger partial charge in [0.25, 0.3) is 0 Å². The molecular formula is C26H18N2. The van der Waals surface area contributed by atoms with E-state index in [-0.39, 0.29) is 0 Å². The second-order valence-corrected chi connectivity index (χ2v) is 6.76. The molecule has 2 nitrogen and oxygen atoms in total. The van der Waals surface area contributed by atoms with E-state index < -0.39 is 0 Å². The summed E-state index contributed by atoms with van der Waals surface area (Å²) in [6.45, 7) is 0. The standard InChI is InChI=1S/C14H10.C12H8N2/c1-2-6-12-10-14-8-4-3-7-13(14)9-11(12)5-1;1-3-9-5-6-11-10(4-2-7-13-11)12(9)14-8-1/h1-10H;1-8H. The number of fused-ring (bicyclic) bond motifs is 5. The van der Waals surface area contributed by atoms with Crippen molar-refractivity contribution in [2.24, 2.45) is 0 Å². The Kier molecular flexibility index (Phi) is 4.15. The summed E-state index contributed by atoms with van der Waals surface area (Å²) in [6.07, 6.45) is 3.62. The van der Waals surface area contributed by atoms with Gasteiger partial charge in [0.05, 0.1) is 11.0 Å². The molecule has 6 aromatic rings. The third-order valence-electron chi connectivity index (χ3n) is 4.97. The van der Waals surface area contributed by atoms with Crippen LogP contribution in [0.1, 0.15) is 0 Å². The third kappa shape index (κ3) is 3.06. The van der Waals surface area contributed by atoms with Crippen molar-refractivity contribution < 1.29 is 0 Å². The van der Waals surface area contributed by atoms with E-state index in [0.717, 1.165) is 21.8 Å². The Morgan fingerprint density at radius 2 is 0.964 bits per heavy atom. The lowest BCUT2D eigenvalue weighted by atomic mass is 10.0. The fourth-order valence-electron chi connectivity index (χ4n) is 3.58. The highest BCUT2D eigenvalue weighted by Crippen LogP contribution is 2.22. The second-order valence-electron chi connectivity index (χ2n) is 6.76. The lowest BCUT2D eigenvalue weighted by Crippen LogP contribution is -1.82. The average molecular weight is 358 g/mol. The van der Waals surface area contributed by atoms with Gasteiger partial charge in [0, 0.05) is 23.2 Å². The van der Waals surface area contributed by atoms with Crippen LogP contribution in [0.15, 0.2) is 109 Å². The fourth-order valence-corrected chi connectivity index (χ4v) is 3.58. The summed E-state index contributed by atoms with van der Waals surface area (Å²) in [5, 5.41) is 7.52. The maximum atomic E-state index is 4.37. The van der Waals surface area contributed by atoms with Crippen molar-refractivity contribution in [3.8, 4) is 0 Å². The Balaban J connectivity index is 0.000000122. The minimum Gasteiger partial charge on any atom is -0.256 e. The summed E-state index contributed by atoms with van der Waals surface area (Å²) in [7, 11) is 0. The minimum absolute atomic E-state index is 0.999. The smallest absolute Gasteiger partial charge is 0.0795 e. The van der Waals surface area contributed by atoms with Gasteiger partial charge < -0.3 is 0 Å². The third-order valence-corrected chi connectivity index (χ3v) is 4.97. The van der Waals surface area contributed by atoms with Crippen LogP contribution in [0.4, 0.5) is 0 Å². The van der Waals surface area contributed by atoms with E-state index in [2.05, 4.69) is 88.8 Å². The summed E-state index contributed by atoms with van der Waals surface area (Å²) in [6, 6.07) is 33.5. The molecule has 0 bridgehead atoms. The molecule has 0 N–H and O–H groups in total. The van der Waals surface area contributed by atoms with Crippen molar-refractivity contribution >= 4 is 43.4 Å². The summed E-state index contributed by atoms with van der Waals surface area (Å²) >= 11 is 0. The molecule has 0 spiro atoms. The van der Waals surface area contributed by atoms with E-state index in [1.54, 1.807) is 6.20 Å². The minimum atomic E-state index is 0.999. The van der Waals surface area contributed by atoms with Crippen LogP contribution in [-0.4, -0.2) is 9.97 Å². The number of hydrogen-bond donors (Lipinski definition) is 0. The second kappa shape index (κ2) is 7.09. The molecule has 0 aliphatic heterocycles. The van der Waals surface area contributed by atoms with E-state index in [1.807, 2.05) is 24.4 Å². The number of rotatable bonds is 0. The molecule has 0 fully saturated rings. The van der Waals surface area contributed by atoms with E-state index in [1.165, 1.54) is 21.5 Å². The number of benzene rings is 4. The number of hydrogen-bond acceptors (Lipinski definition) is 2. The zero-order chi connectivity index (χ0) is 18.8. The molecular weight excluding hydrogens is 340 g/mol. The van der Waals surface area contributed by atoms with Gasteiger partial charge >= 0.3 is 0 Å². The van der Waals surface area contributed by atoms with Gasteiger partial charge in [0.1, 0.15) is 0 Å². The molecule has 0 unspecified atom stereocenters. The van der Waals surface area contributed by atoms with E-state index in [0.29, 0.717) is 0 Å². The van der Waals surface area contributed by atoms with Crippen molar-refractivity contribution in [2.75, 3.05) is 0 Å². The SMILES string of the molecule is c1ccc2cc3ccccc3cc2c1.c1cnc2c(c1)ccc1ncccc12. The van der Waals surface area contributed by atoms with Gasteiger partial charge in [-0.2, -0.15) is 0 Å². The van der Waals surface area contributed by atoms with Crippen LogP contribution in [0.2, 0.25) is 0 Å². The predicted octanol–water partition coefficient (Wildman–Crippen LogP) is 6.78. The molecule has 0 aliphatic rings. The zero-order valence-electron chi connectivity index (χ0n) is 15.3. The lowest BCUT2D eigenvalue weighted by Gasteiger charge is -2.00.